The lowest BCUT2D eigenvalue weighted by Crippen LogP contribution is -2.39. The van der Waals surface area contributed by atoms with Crippen LogP contribution in [0.25, 0.3) is 0 Å². The zero-order chi connectivity index (χ0) is 20.4. The zero-order valence-corrected chi connectivity index (χ0v) is 18.1. The molecule has 0 fully saturated rings. The number of nitrogens with one attached hydrogen (secondary N) is 1. The summed E-state index contributed by atoms with van der Waals surface area (Å²) in [6.07, 6.45) is 0.936. The second-order valence-electron chi connectivity index (χ2n) is 6.78. The minimum absolute atomic E-state index is 0.136. The van der Waals surface area contributed by atoms with Crippen LogP contribution in [0.15, 0.2) is 11.4 Å². The fourth-order valence-electron chi connectivity index (χ4n) is 3.51. The van der Waals surface area contributed by atoms with Crippen LogP contribution < -0.4 is 5.32 Å². The summed E-state index contributed by atoms with van der Waals surface area (Å²) < 4.78 is 5.12. The van der Waals surface area contributed by atoms with Crippen LogP contribution in [-0.2, 0) is 16.0 Å². The van der Waals surface area contributed by atoms with Crippen molar-refractivity contribution in [2.45, 2.75) is 40.2 Å². The maximum absolute atomic E-state index is 12.7. The fourth-order valence-corrected chi connectivity index (χ4v) is 5.58. The minimum Gasteiger partial charge on any atom is -0.462 e. The molecule has 0 aliphatic carbocycles. The van der Waals surface area contributed by atoms with Crippen LogP contribution in [0, 0.1) is 6.92 Å². The van der Waals surface area contributed by atoms with Crippen molar-refractivity contribution in [3.63, 3.8) is 0 Å². The Morgan fingerprint density at radius 2 is 2.11 bits per heavy atom. The minimum atomic E-state index is -0.520. The Morgan fingerprint density at radius 3 is 2.79 bits per heavy atom. The average molecular weight is 421 g/mol. The highest BCUT2D eigenvalue weighted by Gasteiger charge is 2.28. The van der Waals surface area contributed by atoms with Crippen molar-refractivity contribution in [2.75, 3.05) is 25.0 Å². The number of hydrogen-bond acceptors (Lipinski definition) is 7. The lowest BCUT2D eigenvalue weighted by Gasteiger charge is -2.32. The first-order valence-corrected chi connectivity index (χ1v) is 10.9. The van der Waals surface area contributed by atoms with Gasteiger partial charge in [-0.3, -0.25) is 14.5 Å². The summed E-state index contributed by atoms with van der Waals surface area (Å²) in [5.74, 6) is -0.857. The lowest BCUT2D eigenvalue weighted by atomic mass is 10.0. The number of rotatable bonds is 6. The van der Waals surface area contributed by atoms with Crippen molar-refractivity contribution in [2.24, 2.45) is 0 Å². The number of thiophene rings is 2. The maximum Gasteiger partial charge on any atom is 0.341 e. The number of carbonyl (C=O) groups is 3. The number of carbonyl (C=O) groups excluding carboxylic acids is 3. The molecule has 6 nitrogen and oxygen atoms in total. The molecule has 8 heteroatoms. The predicted octanol–water partition coefficient (Wildman–Crippen LogP) is 4.06. The van der Waals surface area contributed by atoms with Gasteiger partial charge in [0.1, 0.15) is 5.00 Å². The van der Waals surface area contributed by atoms with Crippen LogP contribution in [0.2, 0.25) is 0 Å². The third-order valence-corrected chi connectivity index (χ3v) is 7.25. The van der Waals surface area contributed by atoms with Gasteiger partial charge in [-0.1, -0.05) is 0 Å². The van der Waals surface area contributed by atoms with Crippen LogP contribution in [0.1, 0.15) is 62.8 Å². The molecule has 1 amide bonds. The number of ether oxygens (including phenoxy) is 1. The molecular formula is C20H24N2O4S2. The smallest absolute Gasteiger partial charge is 0.341 e. The first kappa shape index (κ1) is 20.7. The molecule has 2 aromatic heterocycles. The quantitative estimate of drug-likeness (QED) is 0.563. The monoisotopic (exact) mass is 420 g/mol. The van der Waals surface area contributed by atoms with Gasteiger partial charge in [-0.05, 0) is 56.7 Å². The maximum atomic E-state index is 12.7. The normalized spacial score (nSPS) is 16.5. The average Bonchev–Trinajstić information content (AvgIpc) is 3.22. The molecule has 0 aromatic carbocycles. The van der Waals surface area contributed by atoms with E-state index in [1.165, 1.54) is 17.4 Å². The summed E-state index contributed by atoms with van der Waals surface area (Å²) in [4.78, 5) is 40.9. The molecule has 0 bridgehead atoms. The van der Waals surface area contributed by atoms with Crippen molar-refractivity contribution >= 4 is 45.3 Å². The Bertz CT molecular complexity index is 915. The van der Waals surface area contributed by atoms with Gasteiger partial charge in [0.25, 0.3) is 0 Å². The molecule has 1 aliphatic rings. The van der Waals surface area contributed by atoms with Crippen molar-refractivity contribution < 1.29 is 19.1 Å². The predicted molar refractivity (Wildman–Crippen MR) is 112 cm³/mol. The fraction of sp³-hybridized carbons (Fsp3) is 0.450. The topological polar surface area (TPSA) is 75.7 Å². The number of hydrogen-bond donors (Lipinski definition) is 1. The van der Waals surface area contributed by atoms with Crippen molar-refractivity contribution in [1.82, 2.24) is 4.90 Å². The summed E-state index contributed by atoms with van der Waals surface area (Å²) in [7, 11) is 0. The first-order valence-electron chi connectivity index (χ1n) is 9.25. The summed E-state index contributed by atoms with van der Waals surface area (Å²) >= 11 is 2.89. The number of esters is 1. The van der Waals surface area contributed by atoms with Crippen molar-refractivity contribution in [3.8, 4) is 0 Å². The Balaban J connectivity index is 1.77. The molecule has 150 valence electrons. The molecule has 2 aromatic rings. The first-order chi connectivity index (χ1) is 13.3. The summed E-state index contributed by atoms with van der Waals surface area (Å²) in [6.45, 7) is 8.25. The molecule has 0 saturated carbocycles. The largest absolute Gasteiger partial charge is 0.462 e. The van der Waals surface area contributed by atoms with Crippen LogP contribution in [0.5, 0.6) is 0 Å². The standard InChI is InChI=1S/C20H24N2O4S2/c1-5-26-20(25)17-11(2)18(13(4)23)28-19(17)21-16(24)10-22-8-6-15-14(12(22)3)7-9-27-15/h7,9,12H,5-6,8,10H2,1-4H3,(H,21,24)/t12-/m0/s1. The van der Waals surface area contributed by atoms with Gasteiger partial charge in [0.05, 0.1) is 23.6 Å². The third-order valence-electron chi connectivity index (χ3n) is 4.95. The molecular weight excluding hydrogens is 396 g/mol. The Labute approximate surface area is 172 Å². The Hall–Kier alpha value is -2.03. The van der Waals surface area contributed by atoms with E-state index < -0.39 is 5.97 Å². The molecule has 0 spiro atoms. The summed E-state index contributed by atoms with van der Waals surface area (Å²) in [5.41, 5.74) is 2.11. The lowest BCUT2D eigenvalue weighted by molar-refractivity contribution is -0.117. The van der Waals surface area contributed by atoms with Gasteiger partial charge in [0.15, 0.2) is 5.78 Å². The molecule has 1 N–H and O–H groups in total. The summed E-state index contributed by atoms with van der Waals surface area (Å²) in [6, 6.07) is 2.29. The number of nitrogens with zero attached hydrogens (tertiary/aromatic N) is 1. The highest BCUT2D eigenvalue weighted by Crippen LogP contribution is 2.35. The number of anilines is 1. The second-order valence-corrected chi connectivity index (χ2v) is 8.80. The van der Waals surface area contributed by atoms with E-state index in [2.05, 4.69) is 28.6 Å². The van der Waals surface area contributed by atoms with Crippen molar-refractivity contribution in [1.29, 1.82) is 0 Å². The highest BCUT2D eigenvalue weighted by atomic mass is 32.1. The van der Waals surface area contributed by atoms with E-state index in [0.29, 0.717) is 15.4 Å². The van der Waals surface area contributed by atoms with Crippen LogP contribution in [0.3, 0.4) is 0 Å². The van der Waals surface area contributed by atoms with Crippen LogP contribution in [-0.4, -0.2) is 42.3 Å². The van der Waals surface area contributed by atoms with Gasteiger partial charge >= 0.3 is 5.97 Å². The van der Waals surface area contributed by atoms with E-state index in [4.69, 9.17) is 4.74 Å². The van der Waals surface area contributed by atoms with E-state index >= 15 is 0 Å². The molecule has 0 saturated heterocycles. The van der Waals surface area contributed by atoms with E-state index in [-0.39, 0.29) is 36.4 Å². The number of Topliss-reactive ketones (excluding diaryl/α,β-unsaturated/α-hetero) is 1. The van der Waals surface area contributed by atoms with E-state index in [0.717, 1.165) is 24.3 Å². The van der Waals surface area contributed by atoms with Gasteiger partial charge in [0.2, 0.25) is 5.91 Å². The Kier molecular flexibility index (Phi) is 6.32. The molecule has 1 atom stereocenters. The van der Waals surface area contributed by atoms with E-state index in [1.54, 1.807) is 25.2 Å². The SMILES string of the molecule is CCOC(=O)c1c(NC(=O)CN2CCc3sccc3[C@@H]2C)sc(C(C)=O)c1C. The second kappa shape index (κ2) is 8.55. The van der Waals surface area contributed by atoms with Crippen molar-refractivity contribution in [3.05, 3.63) is 37.9 Å². The van der Waals surface area contributed by atoms with Crippen LogP contribution >= 0.6 is 22.7 Å². The number of fused-ring (bicyclic) bond motifs is 1. The molecule has 0 unspecified atom stereocenters. The Morgan fingerprint density at radius 1 is 1.36 bits per heavy atom. The molecule has 3 heterocycles. The third kappa shape index (κ3) is 4.04. The van der Waals surface area contributed by atoms with Crippen LogP contribution in [0.4, 0.5) is 5.00 Å². The molecule has 1 aliphatic heterocycles. The highest BCUT2D eigenvalue weighted by molar-refractivity contribution is 7.18. The molecule has 0 radical (unpaired) electrons. The molecule has 28 heavy (non-hydrogen) atoms. The van der Waals surface area contributed by atoms with Gasteiger partial charge < -0.3 is 10.1 Å². The van der Waals surface area contributed by atoms with Gasteiger partial charge in [-0.25, -0.2) is 4.79 Å². The van der Waals surface area contributed by atoms with Gasteiger partial charge in [-0.15, -0.1) is 22.7 Å². The molecule has 3 rings (SSSR count). The van der Waals surface area contributed by atoms with Gasteiger partial charge in [0, 0.05) is 17.5 Å². The van der Waals surface area contributed by atoms with Gasteiger partial charge in [-0.2, -0.15) is 0 Å². The zero-order valence-electron chi connectivity index (χ0n) is 16.5. The number of amides is 1. The summed E-state index contributed by atoms with van der Waals surface area (Å²) in [5, 5.41) is 5.31. The number of ketones is 1. The van der Waals surface area contributed by atoms with E-state index in [1.807, 2.05) is 0 Å². The van der Waals surface area contributed by atoms with E-state index in [9.17, 15) is 14.4 Å².